The number of amidine groups is 1. The second-order valence-electron chi connectivity index (χ2n) is 4.28. The van der Waals surface area contributed by atoms with Crippen molar-refractivity contribution in [1.82, 2.24) is 10.8 Å². The maximum absolute atomic E-state index is 10.6. The quantitative estimate of drug-likeness (QED) is 0.321. The molecule has 0 bridgehead atoms. The molecule has 0 saturated carbocycles. The van der Waals surface area contributed by atoms with Gasteiger partial charge in [-0.1, -0.05) is 0 Å². The smallest absolute Gasteiger partial charge is 0.405 e. The van der Waals surface area contributed by atoms with E-state index in [-0.39, 0.29) is 5.84 Å². The van der Waals surface area contributed by atoms with E-state index in [1.165, 1.54) is 11.3 Å². The standard InChI is InChI=1S/C10H15N3O3S/c1-10(2,12-9(14)15)4-7-3-6(5-17-7)8(11)13-16/h3,5,12,16H,4H2,1-2H3,(H2,11,13)(H,14,15). The number of rotatable bonds is 4. The SMILES string of the molecule is CC(C)(Cc1cc(C(=N)NO)cs1)NC(=O)O. The molecular formula is C10H15N3O3S. The average molecular weight is 257 g/mol. The first-order valence-electron chi connectivity index (χ1n) is 4.91. The largest absolute Gasteiger partial charge is 0.465 e. The number of carboxylic acid groups (broad SMARTS) is 1. The predicted octanol–water partition coefficient (Wildman–Crippen LogP) is 1.64. The van der Waals surface area contributed by atoms with E-state index < -0.39 is 11.6 Å². The molecule has 1 aromatic heterocycles. The Kier molecular flexibility index (Phi) is 4.08. The summed E-state index contributed by atoms with van der Waals surface area (Å²) in [7, 11) is 0. The van der Waals surface area contributed by atoms with Gasteiger partial charge in [0.15, 0.2) is 0 Å². The van der Waals surface area contributed by atoms with Crippen LogP contribution in [0.15, 0.2) is 11.4 Å². The van der Waals surface area contributed by atoms with Gasteiger partial charge in [-0.3, -0.25) is 16.1 Å². The van der Waals surface area contributed by atoms with Gasteiger partial charge < -0.3 is 10.4 Å². The summed E-state index contributed by atoms with van der Waals surface area (Å²) >= 11 is 1.42. The zero-order valence-corrected chi connectivity index (χ0v) is 10.4. The second kappa shape index (κ2) is 5.15. The van der Waals surface area contributed by atoms with Crippen molar-refractivity contribution in [2.24, 2.45) is 0 Å². The molecule has 0 spiro atoms. The minimum Gasteiger partial charge on any atom is -0.465 e. The summed E-state index contributed by atoms with van der Waals surface area (Å²) in [6.45, 7) is 3.58. The van der Waals surface area contributed by atoms with E-state index in [0.717, 1.165) is 4.88 Å². The zero-order valence-electron chi connectivity index (χ0n) is 9.57. The van der Waals surface area contributed by atoms with Gasteiger partial charge in [0.05, 0.1) is 0 Å². The number of hydrogen-bond donors (Lipinski definition) is 5. The number of thiophene rings is 1. The van der Waals surface area contributed by atoms with Crippen molar-refractivity contribution in [3.63, 3.8) is 0 Å². The van der Waals surface area contributed by atoms with Crippen LogP contribution in [0.3, 0.4) is 0 Å². The fourth-order valence-electron chi connectivity index (χ4n) is 1.44. The van der Waals surface area contributed by atoms with Crippen molar-refractivity contribution in [2.45, 2.75) is 25.8 Å². The summed E-state index contributed by atoms with van der Waals surface area (Å²) in [6, 6.07) is 1.75. The van der Waals surface area contributed by atoms with Crippen LogP contribution in [-0.2, 0) is 6.42 Å². The third kappa shape index (κ3) is 4.04. The Morgan fingerprint density at radius 3 is 2.76 bits per heavy atom. The van der Waals surface area contributed by atoms with Crippen LogP contribution in [0.5, 0.6) is 0 Å². The Bertz CT molecular complexity index is 428. The number of nitrogens with one attached hydrogen (secondary N) is 3. The van der Waals surface area contributed by atoms with E-state index in [1.807, 2.05) is 0 Å². The Labute approximate surface area is 103 Å². The second-order valence-corrected chi connectivity index (χ2v) is 5.28. The highest BCUT2D eigenvalue weighted by atomic mass is 32.1. The summed E-state index contributed by atoms with van der Waals surface area (Å²) in [5, 5.41) is 28.8. The minimum atomic E-state index is -1.06. The molecule has 0 aliphatic rings. The van der Waals surface area contributed by atoms with Crippen molar-refractivity contribution in [3.05, 3.63) is 21.9 Å². The Morgan fingerprint density at radius 2 is 2.24 bits per heavy atom. The van der Waals surface area contributed by atoms with Gasteiger partial charge in [-0.2, -0.15) is 0 Å². The van der Waals surface area contributed by atoms with Crippen LogP contribution < -0.4 is 10.8 Å². The molecule has 1 heterocycles. The Morgan fingerprint density at radius 1 is 1.59 bits per heavy atom. The molecular weight excluding hydrogens is 242 g/mol. The highest BCUT2D eigenvalue weighted by Gasteiger charge is 2.21. The maximum atomic E-state index is 10.6. The van der Waals surface area contributed by atoms with Crippen LogP contribution in [-0.4, -0.2) is 27.8 Å². The van der Waals surface area contributed by atoms with Gasteiger partial charge in [0.2, 0.25) is 0 Å². The van der Waals surface area contributed by atoms with E-state index in [9.17, 15) is 4.79 Å². The molecule has 1 aromatic rings. The summed E-state index contributed by atoms with van der Waals surface area (Å²) < 4.78 is 0. The van der Waals surface area contributed by atoms with E-state index in [4.69, 9.17) is 15.7 Å². The van der Waals surface area contributed by atoms with Crippen molar-refractivity contribution in [3.8, 4) is 0 Å². The Balaban J connectivity index is 2.72. The highest BCUT2D eigenvalue weighted by molar-refractivity contribution is 7.10. The lowest BCUT2D eigenvalue weighted by Gasteiger charge is -2.23. The van der Waals surface area contributed by atoms with Gasteiger partial charge in [0, 0.05) is 27.8 Å². The van der Waals surface area contributed by atoms with Crippen molar-refractivity contribution >= 4 is 23.3 Å². The van der Waals surface area contributed by atoms with Crippen LogP contribution in [0.4, 0.5) is 4.79 Å². The van der Waals surface area contributed by atoms with Gasteiger partial charge in [-0.15, -0.1) is 11.3 Å². The molecule has 0 aromatic carbocycles. The van der Waals surface area contributed by atoms with Crippen LogP contribution >= 0.6 is 11.3 Å². The van der Waals surface area contributed by atoms with E-state index in [2.05, 4.69) is 5.32 Å². The van der Waals surface area contributed by atoms with Crippen LogP contribution in [0, 0.1) is 5.41 Å². The average Bonchev–Trinajstić information content (AvgIpc) is 2.61. The molecule has 7 heteroatoms. The van der Waals surface area contributed by atoms with Crippen molar-refractivity contribution < 1.29 is 15.1 Å². The van der Waals surface area contributed by atoms with Gasteiger partial charge in [0.1, 0.15) is 5.84 Å². The van der Waals surface area contributed by atoms with E-state index in [0.29, 0.717) is 12.0 Å². The molecule has 5 N–H and O–H groups in total. The summed E-state index contributed by atoms with van der Waals surface area (Å²) in [6.07, 6.45) is -0.528. The van der Waals surface area contributed by atoms with Crippen molar-refractivity contribution in [1.29, 1.82) is 5.41 Å². The molecule has 0 saturated heterocycles. The number of amides is 1. The molecule has 0 unspecified atom stereocenters. The lowest BCUT2D eigenvalue weighted by Crippen LogP contribution is -2.44. The molecule has 0 radical (unpaired) electrons. The first-order chi connectivity index (χ1) is 7.84. The summed E-state index contributed by atoms with van der Waals surface area (Å²) in [4.78, 5) is 11.5. The lowest BCUT2D eigenvalue weighted by molar-refractivity contribution is 0.182. The van der Waals surface area contributed by atoms with Crippen molar-refractivity contribution in [2.75, 3.05) is 0 Å². The van der Waals surface area contributed by atoms with Crippen LogP contribution in [0.2, 0.25) is 0 Å². The summed E-state index contributed by atoms with van der Waals surface area (Å²) in [5.74, 6) is -0.0727. The third-order valence-electron chi connectivity index (χ3n) is 2.12. The van der Waals surface area contributed by atoms with E-state index >= 15 is 0 Å². The zero-order chi connectivity index (χ0) is 13.1. The summed E-state index contributed by atoms with van der Waals surface area (Å²) in [5.41, 5.74) is 1.79. The number of hydroxylamine groups is 1. The normalized spacial score (nSPS) is 11.0. The molecule has 1 rings (SSSR count). The predicted molar refractivity (Wildman–Crippen MR) is 65.0 cm³/mol. The monoisotopic (exact) mass is 257 g/mol. The molecule has 0 atom stereocenters. The van der Waals surface area contributed by atoms with Gasteiger partial charge in [0.25, 0.3) is 0 Å². The number of hydrogen-bond acceptors (Lipinski definition) is 4. The van der Waals surface area contributed by atoms with Gasteiger partial charge in [-0.25, -0.2) is 4.79 Å². The molecule has 17 heavy (non-hydrogen) atoms. The van der Waals surface area contributed by atoms with E-state index in [1.54, 1.807) is 30.8 Å². The van der Waals surface area contributed by atoms with Crippen LogP contribution in [0.1, 0.15) is 24.3 Å². The van der Waals surface area contributed by atoms with Crippen LogP contribution in [0.25, 0.3) is 0 Å². The topological polar surface area (TPSA) is 105 Å². The highest BCUT2D eigenvalue weighted by Crippen LogP contribution is 2.20. The molecule has 0 aliphatic carbocycles. The Hall–Kier alpha value is -1.60. The molecule has 6 nitrogen and oxygen atoms in total. The fourth-order valence-corrected chi connectivity index (χ4v) is 2.54. The molecule has 94 valence electrons. The van der Waals surface area contributed by atoms with Gasteiger partial charge in [-0.05, 0) is 19.9 Å². The lowest BCUT2D eigenvalue weighted by atomic mass is 10.00. The first kappa shape index (κ1) is 13.5. The minimum absolute atomic E-state index is 0.0727. The molecule has 0 aliphatic heterocycles. The third-order valence-corrected chi connectivity index (χ3v) is 3.05. The van der Waals surface area contributed by atoms with Gasteiger partial charge >= 0.3 is 6.09 Å². The maximum Gasteiger partial charge on any atom is 0.405 e. The number of carbonyl (C=O) groups is 1. The molecule has 0 fully saturated rings. The first-order valence-corrected chi connectivity index (χ1v) is 5.79. The molecule has 1 amide bonds. The fraction of sp³-hybridized carbons (Fsp3) is 0.400.